The third-order valence-corrected chi connectivity index (χ3v) is 18.7. The molecule has 4 heterocycles. The Hall–Kier alpha value is -9.32. The van der Waals surface area contributed by atoms with Gasteiger partial charge in [-0.3, -0.25) is 9.13 Å². The van der Waals surface area contributed by atoms with E-state index in [1.54, 1.807) is 0 Å². The monoisotopic (exact) mass is 999 g/mol. The van der Waals surface area contributed by atoms with Crippen molar-refractivity contribution < 1.29 is 0 Å². The first-order valence-electron chi connectivity index (χ1n) is 27.5. The molecule has 10 aromatic carbocycles. The van der Waals surface area contributed by atoms with Gasteiger partial charge in [0, 0.05) is 65.9 Å². The van der Waals surface area contributed by atoms with E-state index in [9.17, 15) is 0 Å². The molecule has 0 unspecified atom stereocenters. The first-order valence-corrected chi connectivity index (χ1v) is 27.5. The number of nitrogens with zero attached hydrogens (tertiary/aromatic N) is 5. The van der Waals surface area contributed by atoms with Crippen LogP contribution in [-0.4, -0.2) is 23.7 Å². The fourth-order valence-electron chi connectivity index (χ4n) is 14.8. The Kier molecular flexibility index (Phi) is 8.43. The molecule has 17 rings (SSSR count). The highest BCUT2D eigenvalue weighted by atomic mass is 15.2. The van der Waals surface area contributed by atoms with Crippen molar-refractivity contribution in [3.8, 4) is 62.1 Å². The maximum absolute atomic E-state index is 5.81. The SMILES string of the molecule is CC1(C)c2ccccc2-c2cc3c4ccccc4n(-c4cccc(-c5cc(-n6c7ccccc7c7cc8c(cc76)C(C)(C)c6ccccc6-8)nc(-n6c7ccccc7c7cc8c(cc76)C(C)(C)c6ccccc6-8)n5)c4)c3cc21. The van der Waals surface area contributed by atoms with Crippen molar-refractivity contribution in [3.05, 3.63) is 246 Å². The molecule has 3 aliphatic rings. The molecule has 0 aliphatic heterocycles. The number of aromatic nitrogens is 5. The topological polar surface area (TPSA) is 40.6 Å². The van der Waals surface area contributed by atoms with E-state index in [1.165, 1.54) is 110 Å². The minimum absolute atomic E-state index is 0.143. The van der Waals surface area contributed by atoms with Crippen LogP contribution in [0, 0.1) is 0 Å². The second-order valence-electron chi connectivity index (χ2n) is 23.8. The Bertz CT molecular complexity index is 4810. The van der Waals surface area contributed by atoms with Gasteiger partial charge in [-0.1, -0.05) is 181 Å². The molecule has 3 aliphatic carbocycles. The standard InChI is InChI=1S/C73H53N5/c1-71(2)56-28-13-7-22-44(56)50-35-53-47-25-10-16-31-63(47)76(66(53)38-59(50)71)43-21-19-20-42(34-43)62-41-69(77-64-32-17-11-26-48(64)54-36-51-45-23-8-14-29-57(45)72(3,4)60(51)39-67(54)77)75-70(74-62)78-65-33-18-12-27-49(65)55-37-52-46-24-9-15-30-58(46)73(5,6)61(52)40-68(55)78/h7-41H,1-6H3. The summed E-state index contributed by atoms with van der Waals surface area (Å²) in [5.41, 5.74) is 25.1. The van der Waals surface area contributed by atoms with Crippen molar-refractivity contribution in [2.24, 2.45) is 0 Å². The van der Waals surface area contributed by atoms with Crippen molar-refractivity contribution in [2.75, 3.05) is 0 Å². The van der Waals surface area contributed by atoms with Gasteiger partial charge < -0.3 is 4.57 Å². The molecule has 4 aromatic heterocycles. The van der Waals surface area contributed by atoms with Crippen LogP contribution >= 0.6 is 0 Å². The molecule has 370 valence electrons. The average molecular weight is 1000 g/mol. The smallest absolute Gasteiger partial charge is 0.237 e. The third-order valence-electron chi connectivity index (χ3n) is 18.7. The molecular formula is C73H53N5. The molecule has 0 amide bonds. The number of fused-ring (bicyclic) bond motifs is 18. The summed E-state index contributed by atoms with van der Waals surface area (Å²) in [5.74, 6) is 1.44. The van der Waals surface area contributed by atoms with Crippen LogP contribution in [0.2, 0.25) is 0 Å². The summed E-state index contributed by atoms with van der Waals surface area (Å²) in [4.78, 5) is 11.6. The summed E-state index contributed by atoms with van der Waals surface area (Å²) < 4.78 is 7.21. The lowest BCUT2D eigenvalue weighted by atomic mass is 9.82. The lowest BCUT2D eigenvalue weighted by Crippen LogP contribution is -2.15. The third kappa shape index (κ3) is 5.60. The minimum atomic E-state index is -0.195. The van der Waals surface area contributed by atoms with Crippen LogP contribution in [0.15, 0.2) is 212 Å². The Morgan fingerprint density at radius 2 is 0.679 bits per heavy atom. The fraction of sp³-hybridized carbons (Fsp3) is 0.123. The van der Waals surface area contributed by atoms with Crippen molar-refractivity contribution in [1.29, 1.82) is 0 Å². The van der Waals surface area contributed by atoms with E-state index in [-0.39, 0.29) is 16.2 Å². The zero-order valence-electron chi connectivity index (χ0n) is 44.4. The van der Waals surface area contributed by atoms with Crippen molar-refractivity contribution in [3.63, 3.8) is 0 Å². The van der Waals surface area contributed by atoms with E-state index in [4.69, 9.17) is 9.97 Å². The fourth-order valence-corrected chi connectivity index (χ4v) is 14.8. The van der Waals surface area contributed by atoms with Crippen LogP contribution < -0.4 is 0 Å². The highest BCUT2D eigenvalue weighted by Gasteiger charge is 2.39. The summed E-state index contributed by atoms with van der Waals surface area (Å²) in [7, 11) is 0. The molecule has 0 spiro atoms. The highest BCUT2D eigenvalue weighted by molar-refractivity contribution is 6.14. The van der Waals surface area contributed by atoms with Gasteiger partial charge in [0.15, 0.2) is 0 Å². The number of hydrogen-bond donors (Lipinski definition) is 0. The molecule has 0 bridgehead atoms. The van der Waals surface area contributed by atoms with Gasteiger partial charge in [-0.25, -0.2) is 4.98 Å². The van der Waals surface area contributed by atoms with Crippen LogP contribution in [0.5, 0.6) is 0 Å². The van der Waals surface area contributed by atoms with Gasteiger partial charge in [0.05, 0.1) is 38.8 Å². The second-order valence-corrected chi connectivity index (χ2v) is 23.8. The summed E-state index contributed by atoms with van der Waals surface area (Å²) in [6, 6.07) is 79.3. The zero-order valence-corrected chi connectivity index (χ0v) is 44.4. The van der Waals surface area contributed by atoms with E-state index in [0.717, 1.165) is 44.8 Å². The van der Waals surface area contributed by atoms with Crippen LogP contribution in [0.25, 0.3) is 128 Å². The van der Waals surface area contributed by atoms with Gasteiger partial charge in [0.25, 0.3) is 0 Å². The molecule has 5 heteroatoms. The van der Waals surface area contributed by atoms with Crippen LogP contribution in [0.1, 0.15) is 74.9 Å². The Balaban J connectivity index is 0.940. The van der Waals surface area contributed by atoms with E-state index >= 15 is 0 Å². The van der Waals surface area contributed by atoms with Crippen molar-refractivity contribution >= 4 is 65.4 Å². The van der Waals surface area contributed by atoms with Crippen molar-refractivity contribution in [2.45, 2.75) is 57.8 Å². The van der Waals surface area contributed by atoms with E-state index in [0.29, 0.717) is 5.95 Å². The molecule has 5 nitrogen and oxygen atoms in total. The molecule has 0 radical (unpaired) electrons. The van der Waals surface area contributed by atoms with E-state index < -0.39 is 0 Å². The summed E-state index contributed by atoms with van der Waals surface area (Å²) >= 11 is 0. The van der Waals surface area contributed by atoms with Gasteiger partial charge in [0.1, 0.15) is 5.82 Å². The lowest BCUT2D eigenvalue weighted by Gasteiger charge is -2.22. The minimum Gasteiger partial charge on any atom is -0.309 e. The van der Waals surface area contributed by atoms with Crippen LogP contribution in [-0.2, 0) is 16.2 Å². The number of hydrogen-bond acceptors (Lipinski definition) is 2. The van der Waals surface area contributed by atoms with Crippen LogP contribution in [0.4, 0.5) is 0 Å². The molecular weight excluding hydrogens is 947 g/mol. The molecule has 0 N–H and O–H groups in total. The van der Waals surface area contributed by atoms with E-state index in [1.807, 2.05) is 0 Å². The predicted molar refractivity (Wildman–Crippen MR) is 323 cm³/mol. The Morgan fingerprint density at radius 3 is 1.17 bits per heavy atom. The Morgan fingerprint density at radius 1 is 0.282 bits per heavy atom. The predicted octanol–water partition coefficient (Wildman–Crippen LogP) is 18.4. The van der Waals surface area contributed by atoms with Gasteiger partial charge in [0.2, 0.25) is 5.95 Å². The maximum atomic E-state index is 5.81. The summed E-state index contributed by atoms with van der Waals surface area (Å²) in [5, 5.41) is 7.25. The number of benzene rings is 10. The quantitative estimate of drug-likeness (QED) is 0.176. The normalized spacial score (nSPS) is 15.1. The van der Waals surface area contributed by atoms with Gasteiger partial charge >= 0.3 is 0 Å². The van der Waals surface area contributed by atoms with Gasteiger partial charge in [-0.2, -0.15) is 4.98 Å². The molecule has 0 saturated heterocycles. The Labute approximate surface area is 452 Å². The lowest BCUT2D eigenvalue weighted by molar-refractivity contribution is 0.661. The average Bonchev–Trinajstić information content (AvgIpc) is 3.89. The van der Waals surface area contributed by atoms with Gasteiger partial charge in [-0.05, 0) is 133 Å². The summed E-state index contributed by atoms with van der Waals surface area (Å²) in [6.07, 6.45) is 0. The zero-order chi connectivity index (χ0) is 52.1. The largest absolute Gasteiger partial charge is 0.309 e. The van der Waals surface area contributed by atoms with Crippen LogP contribution in [0.3, 0.4) is 0 Å². The second kappa shape index (κ2) is 15.0. The van der Waals surface area contributed by atoms with Crippen molar-refractivity contribution in [1.82, 2.24) is 23.7 Å². The molecule has 78 heavy (non-hydrogen) atoms. The van der Waals surface area contributed by atoms with E-state index in [2.05, 4.69) is 268 Å². The maximum Gasteiger partial charge on any atom is 0.237 e. The number of rotatable bonds is 4. The first-order chi connectivity index (χ1) is 37.9. The highest BCUT2D eigenvalue weighted by Crippen LogP contribution is 2.54. The van der Waals surface area contributed by atoms with Gasteiger partial charge in [-0.15, -0.1) is 0 Å². The number of para-hydroxylation sites is 3. The molecule has 0 fully saturated rings. The molecule has 0 saturated carbocycles. The summed E-state index contributed by atoms with van der Waals surface area (Å²) in [6.45, 7) is 14.2. The first kappa shape index (κ1) is 43.9. The molecule has 0 atom stereocenters. The molecule has 14 aromatic rings.